The Morgan fingerprint density at radius 1 is 1.40 bits per heavy atom. The first kappa shape index (κ1) is 17.5. The number of hydrogen-bond donors (Lipinski definition) is 1. The van der Waals surface area contributed by atoms with Gasteiger partial charge in [0.15, 0.2) is 0 Å². The fourth-order valence-corrected chi connectivity index (χ4v) is 3.11. The fourth-order valence-electron chi connectivity index (χ4n) is 3.11. The van der Waals surface area contributed by atoms with Crippen molar-refractivity contribution in [3.05, 3.63) is 12.2 Å². The zero-order valence-corrected chi connectivity index (χ0v) is 13.3. The van der Waals surface area contributed by atoms with Crippen LogP contribution in [0.25, 0.3) is 0 Å². The van der Waals surface area contributed by atoms with E-state index in [2.05, 4.69) is 24.6 Å². The number of allylic oxidation sites excluding steroid dienone is 1. The number of aliphatic hydroxyl groups excluding tert-OH is 1. The summed E-state index contributed by atoms with van der Waals surface area (Å²) >= 11 is 4.64. The molecule has 1 saturated carbocycles. The maximum absolute atomic E-state index is 11.2. The number of fused-ring (bicyclic) bond motifs is 1. The summed E-state index contributed by atoms with van der Waals surface area (Å²) in [5.41, 5.74) is 0. The standard InChI is InChI=1S/C15H24O3.CH3Cl/c1-2-3-4-5-12(16)8-6-11-7-9-14-13(11)10-15(17)18-14;1-2/h6,8,11-14,16H,2-5,7,9-10H2,1H3;1H3/b8-6+;/t11?,12?,13-,14+;/m1./s1. The predicted octanol–water partition coefficient (Wildman–Crippen LogP) is 3.68. The summed E-state index contributed by atoms with van der Waals surface area (Å²) < 4.78 is 5.27. The summed E-state index contributed by atoms with van der Waals surface area (Å²) in [6.45, 7) is 2.16. The first-order valence-electron chi connectivity index (χ1n) is 7.64. The summed E-state index contributed by atoms with van der Waals surface area (Å²) in [5, 5.41) is 9.84. The number of halogens is 1. The van der Waals surface area contributed by atoms with Gasteiger partial charge in [0, 0.05) is 12.3 Å². The highest BCUT2D eigenvalue weighted by atomic mass is 35.5. The lowest BCUT2D eigenvalue weighted by Gasteiger charge is -2.12. The van der Waals surface area contributed by atoms with Gasteiger partial charge in [-0.1, -0.05) is 38.3 Å². The molecule has 0 spiro atoms. The minimum absolute atomic E-state index is 0.0494. The average Bonchev–Trinajstić information content (AvgIpc) is 2.98. The summed E-state index contributed by atoms with van der Waals surface area (Å²) in [4.78, 5) is 11.2. The summed E-state index contributed by atoms with van der Waals surface area (Å²) in [5.74, 6) is 0.727. The molecule has 0 amide bonds. The molecule has 3 nitrogen and oxygen atoms in total. The maximum atomic E-state index is 11.2. The molecule has 2 unspecified atom stereocenters. The average molecular weight is 303 g/mol. The van der Waals surface area contributed by atoms with Gasteiger partial charge in [-0.05, 0) is 25.2 Å². The molecule has 0 aromatic carbocycles. The number of carbonyl (C=O) groups excluding carboxylic acids is 1. The highest BCUT2D eigenvalue weighted by Crippen LogP contribution is 2.41. The Bertz CT molecular complexity index is 317. The lowest BCUT2D eigenvalue weighted by Crippen LogP contribution is -2.12. The van der Waals surface area contributed by atoms with Gasteiger partial charge in [-0.3, -0.25) is 4.79 Å². The van der Waals surface area contributed by atoms with Gasteiger partial charge in [0.1, 0.15) is 6.10 Å². The Hall–Kier alpha value is -0.540. The van der Waals surface area contributed by atoms with E-state index in [0.717, 1.165) is 25.7 Å². The molecule has 4 heteroatoms. The molecule has 0 aromatic rings. The number of esters is 1. The molecule has 0 radical (unpaired) electrons. The molecule has 20 heavy (non-hydrogen) atoms. The zero-order valence-electron chi connectivity index (χ0n) is 12.6. The van der Waals surface area contributed by atoms with Crippen LogP contribution in [0.4, 0.5) is 0 Å². The highest BCUT2D eigenvalue weighted by molar-refractivity contribution is 6.15. The molecule has 1 aliphatic carbocycles. The van der Waals surface area contributed by atoms with Gasteiger partial charge in [-0.2, -0.15) is 0 Å². The second-order valence-electron chi connectivity index (χ2n) is 5.59. The number of unbranched alkanes of at least 4 members (excludes halogenated alkanes) is 2. The fraction of sp³-hybridized carbons (Fsp3) is 0.812. The van der Waals surface area contributed by atoms with E-state index >= 15 is 0 Å². The molecule has 1 aliphatic heterocycles. The van der Waals surface area contributed by atoms with Crippen LogP contribution in [-0.2, 0) is 9.53 Å². The normalized spacial score (nSPS) is 29.8. The molecule has 2 rings (SSSR count). The van der Waals surface area contributed by atoms with Gasteiger partial charge >= 0.3 is 5.97 Å². The number of alkyl halides is 1. The van der Waals surface area contributed by atoms with Gasteiger partial charge in [0.25, 0.3) is 0 Å². The van der Waals surface area contributed by atoms with Gasteiger partial charge in [-0.25, -0.2) is 0 Å². The Balaban J connectivity index is 0.000000956. The molecule has 2 aliphatic rings. The van der Waals surface area contributed by atoms with E-state index < -0.39 is 0 Å². The second kappa shape index (κ2) is 9.41. The van der Waals surface area contributed by atoms with Crippen LogP contribution < -0.4 is 0 Å². The lowest BCUT2D eigenvalue weighted by atomic mass is 9.92. The molecule has 1 heterocycles. The Labute approximate surface area is 127 Å². The minimum Gasteiger partial charge on any atom is -0.462 e. The zero-order chi connectivity index (χ0) is 15.0. The first-order chi connectivity index (χ1) is 9.70. The molecule has 4 atom stereocenters. The Morgan fingerprint density at radius 2 is 2.15 bits per heavy atom. The van der Waals surface area contributed by atoms with Crippen LogP contribution >= 0.6 is 11.6 Å². The monoisotopic (exact) mass is 302 g/mol. The molecule has 0 bridgehead atoms. The molecular formula is C16H27ClO3. The molecule has 1 saturated heterocycles. The van der Waals surface area contributed by atoms with Gasteiger partial charge in [-0.15, -0.1) is 11.6 Å². The minimum atomic E-state index is -0.325. The van der Waals surface area contributed by atoms with Crippen LogP contribution in [0, 0.1) is 11.8 Å². The van der Waals surface area contributed by atoms with Crippen molar-refractivity contribution >= 4 is 17.6 Å². The van der Waals surface area contributed by atoms with Crippen molar-refractivity contribution < 1.29 is 14.6 Å². The second-order valence-corrected chi connectivity index (χ2v) is 5.59. The third-order valence-electron chi connectivity index (χ3n) is 4.18. The van der Waals surface area contributed by atoms with Crippen LogP contribution in [0.2, 0.25) is 0 Å². The summed E-state index contributed by atoms with van der Waals surface area (Å²) in [6.07, 6.45) is 12.3. The molecular weight excluding hydrogens is 276 g/mol. The predicted molar refractivity (Wildman–Crippen MR) is 81.8 cm³/mol. The van der Waals surface area contributed by atoms with E-state index in [9.17, 15) is 9.90 Å². The molecule has 2 fully saturated rings. The van der Waals surface area contributed by atoms with Crippen LogP contribution in [0.3, 0.4) is 0 Å². The van der Waals surface area contributed by atoms with Gasteiger partial charge in [0.2, 0.25) is 0 Å². The SMILES string of the molecule is CCCCCC(O)/C=C/C1CC[C@@H]2OC(=O)C[C@H]12.CCl. The number of rotatable bonds is 6. The Kier molecular flexibility index (Phi) is 8.24. The van der Waals surface area contributed by atoms with Crippen molar-refractivity contribution in [2.24, 2.45) is 11.8 Å². The van der Waals surface area contributed by atoms with E-state index in [1.165, 1.54) is 19.2 Å². The van der Waals surface area contributed by atoms with Crippen molar-refractivity contribution in [2.75, 3.05) is 6.38 Å². The molecule has 0 aromatic heterocycles. The van der Waals surface area contributed by atoms with Crippen LogP contribution in [0.1, 0.15) is 51.9 Å². The van der Waals surface area contributed by atoms with E-state index in [-0.39, 0.29) is 18.2 Å². The van der Waals surface area contributed by atoms with Crippen molar-refractivity contribution in [2.45, 2.75) is 64.1 Å². The van der Waals surface area contributed by atoms with Crippen LogP contribution in [-0.4, -0.2) is 29.7 Å². The van der Waals surface area contributed by atoms with E-state index in [1.54, 1.807) is 0 Å². The summed E-state index contributed by atoms with van der Waals surface area (Å²) in [6, 6.07) is 0. The third kappa shape index (κ3) is 5.10. The van der Waals surface area contributed by atoms with E-state index in [4.69, 9.17) is 4.74 Å². The first-order valence-corrected chi connectivity index (χ1v) is 8.40. The van der Waals surface area contributed by atoms with Gasteiger partial charge < -0.3 is 9.84 Å². The van der Waals surface area contributed by atoms with Crippen molar-refractivity contribution in [3.8, 4) is 0 Å². The number of aliphatic hydroxyl groups is 1. The van der Waals surface area contributed by atoms with Crippen LogP contribution in [0.5, 0.6) is 0 Å². The van der Waals surface area contributed by atoms with Crippen molar-refractivity contribution in [1.82, 2.24) is 0 Å². The topological polar surface area (TPSA) is 46.5 Å². The largest absolute Gasteiger partial charge is 0.462 e. The highest BCUT2D eigenvalue weighted by Gasteiger charge is 2.43. The third-order valence-corrected chi connectivity index (χ3v) is 4.18. The lowest BCUT2D eigenvalue weighted by molar-refractivity contribution is -0.141. The van der Waals surface area contributed by atoms with Crippen molar-refractivity contribution in [3.63, 3.8) is 0 Å². The van der Waals surface area contributed by atoms with E-state index in [0.29, 0.717) is 18.3 Å². The molecule has 116 valence electrons. The van der Waals surface area contributed by atoms with Crippen LogP contribution in [0.15, 0.2) is 12.2 Å². The van der Waals surface area contributed by atoms with Crippen molar-refractivity contribution in [1.29, 1.82) is 0 Å². The maximum Gasteiger partial charge on any atom is 0.306 e. The quantitative estimate of drug-likeness (QED) is 0.352. The van der Waals surface area contributed by atoms with Gasteiger partial charge in [0.05, 0.1) is 12.5 Å². The van der Waals surface area contributed by atoms with E-state index in [1.807, 2.05) is 6.08 Å². The smallest absolute Gasteiger partial charge is 0.306 e. The number of carbonyl (C=O) groups is 1. The summed E-state index contributed by atoms with van der Waals surface area (Å²) in [7, 11) is 0. The Morgan fingerprint density at radius 3 is 2.85 bits per heavy atom. The number of hydrogen-bond acceptors (Lipinski definition) is 3. The molecule has 1 N–H and O–H groups in total. The number of ether oxygens (including phenoxy) is 1.